The van der Waals surface area contributed by atoms with Crippen molar-refractivity contribution in [1.29, 1.82) is 0 Å². The lowest BCUT2D eigenvalue weighted by Crippen LogP contribution is -2.46. The summed E-state index contributed by atoms with van der Waals surface area (Å²) in [6, 6.07) is 0.299. The Morgan fingerprint density at radius 3 is 2.83 bits per heavy atom. The van der Waals surface area contributed by atoms with E-state index >= 15 is 0 Å². The number of nitrogens with zero attached hydrogens (tertiary/aromatic N) is 1. The molecule has 0 aliphatic carbocycles. The average molecular weight is 254 g/mol. The maximum Gasteiger partial charge on any atom is 0.305 e. The normalized spacial score (nSPS) is 32.5. The first-order valence-corrected chi connectivity index (χ1v) is 6.83. The Labute approximate surface area is 108 Å². The average Bonchev–Trinajstić information content (AvgIpc) is 2.75. The molecule has 0 aromatic carbocycles. The maximum absolute atomic E-state index is 12.4. The number of carboxylic acids is 1. The Bertz CT molecular complexity index is 332. The number of carbonyl (C=O) groups excluding carboxylic acids is 1. The van der Waals surface area contributed by atoms with Crippen LogP contribution in [0.5, 0.6) is 0 Å². The second-order valence-electron chi connectivity index (χ2n) is 5.50. The Hall–Kier alpha value is -1.10. The monoisotopic (exact) mass is 254 g/mol. The van der Waals surface area contributed by atoms with Crippen molar-refractivity contribution in [2.24, 2.45) is 5.92 Å². The molecule has 0 aromatic heterocycles. The number of likely N-dealkylation sites (tertiary alicyclic amines) is 1. The Balaban J connectivity index is 1.96. The first-order chi connectivity index (χ1) is 8.58. The quantitative estimate of drug-likeness (QED) is 0.783. The fourth-order valence-corrected chi connectivity index (χ4v) is 3.13. The van der Waals surface area contributed by atoms with Crippen LogP contribution in [0.2, 0.25) is 0 Å². The lowest BCUT2D eigenvalue weighted by Gasteiger charge is -2.32. The Morgan fingerprint density at radius 2 is 2.17 bits per heavy atom. The van der Waals surface area contributed by atoms with Crippen LogP contribution >= 0.6 is 0 Å². The van der Waals surface area contributed by atoms with Crippen molar-refractivity contribution in [3.63, 3.8) is 0 Å². The van der Waals surface area contributed by atoms with Gasteiger partial charge in [-0.25, -0.2) is 0 Å². The van der Waals surface area contributed by atoms with Crippen LogP contribution in [-0.4, -0.2) is 47.1 Å². The molecule has 2 heterocycles. The first-order valence-electron chi connectivity index (χ1n) is 6.83. The third-order valence-corrected chi connectivity index (χ3v) is 4.04. The van der Waals surface area contributed by atoms with Crippen molar-refractivity contribution in [3.8, 4) is 0 Å². The molecule has 2 N–H and O–H groups in total. The number of rotatable bonds is 3. The highest BCUT2D eigenvalue weighted by Crippen LogP contribution is 2.26. The highest BCUT2D eigenvalue weighted by molar-refractivity contribution is 5.80. The molecule has 3 unspecified atom stereocenters. The van der Waals surface area contributed by atoms with Gasteiger partial charge in [-0.15, -0.1) is 0 Å². The highest BCUT2D eigenvalue weighted by Gasteiger charge is 2.35. The molecular formula is C13H22N2O3. The van der Waals surface area contributed by atoms with E-state index in [0.717, 1.165) is 38.8 Å². The van der Waals surface area contributed by atoms with Gasteiger partial charge < -0.3 is 15.3 Å². The summed E-state index contributed by atoms with van der Waals surface area (Å²) in [5.74, 6) is -0.555. The fraction of sp³-hybridized carbons (Fsp3) is 0.846. The van der Waals surface area contributed by atoms with Gasteiger partial charge in [-0.1, -0.05) is 0 Å². The standard InChI is InChI=1S/C13H22N2O3/c1-9-7-10(4-5-14-9)13(18)15-6-2-3-11(15)8-12(16)17/h9-11,14H,2-8H2,1H3,(H,16,17). The van der Waals surface area contributed by atoms with E-state index in [1.807, 2.05) is 4.90 Å². The molecule has 2 rings (SSSR count). The molecule has 2 fully saturated rings. The molecule has 0 bridgehead atoms. The Kier molecular flexibility index (Phi) is 4.22. The second-order valence-corrected chi connectivity index (χ2v) is 5.50. The van der Waals surface area contributed by atoms with Gasteiger partial charge in [-0.2, -0.15) is 0 Å². The summed E-state index contributed by atoms with van der Waals surface area (Å²) in [7, 11) is 0. The lowest BCUT2D eigenvalue weighted by atomic mass is 9.91. The van der Waals surface area contributed by atoms with Gasteiger partial charge in [0.1, 0.15) is 0 Å². The van der Waals surface area contributed by atoms with Crippen molar-refractivity contribution in [1.82, 2.24) is 10.2 Å². The molecule has 3 atom stereocenters. The van der Waals surface area contributed by atoms with E-state index in [1.54, 1.807) is 0 Å². The highest BCUT2D eigenvalue weighted by atomic mass is 16.4. The zero-order chi connectivity index (χ0) is 13.1. The minimum absolute atomic E-state index is 0.0793. The largest absolute Gasteiger partial charge is 0.481 e. The summed E-state index contributed by atoms with van der Waals surface area (Å²) in [6.45, 7) is 3.71. The molecule has 5 heteroatoms. The summed E-state index contributed by atoms with van der Waals surface area (Å²) in [5, 5.41) is 12.2. The Morgan fingerprint density at radius 1 is 1.39 bits per heavy atom. The molecule has 2 saturated heterocycles. The molecule has 0 aromatic rings. The van der Waals surface area contributed by atoms with Crippen LogP contribution in [0.1, 0.15) is 39.0 Å². The van der Waals surface area contributed by atoms with Crippen molar-refractivity contribution in [2.75, 3.05) is 13.1 Å². The van der Waals surface area contributed by atoms with Gasteiger partial charge in [-0.05, 0) is 39.2 Å². The number of carbonyl (C=O) groups is 2. The molecule has 0 radical (unpaired) electrons. The smallest absolute Gasteiger partial charge is 0.305 e. The summed E-state index contributed by atoms with van der Waals surface area (Å²) in [6.07, 6.45) is 3.60. The van der Waals surface area contributed by atoms with E-state index in [9.17, 15) is 9.59 Å². The van der Waals surface area contributed by atoms with Gasteiger partial charge in [0.25, 0.3) is 0 Å². The summed E-state index contributed by atoms with van der Waals surface area (Å²) >= 11 is 0. The lowest BCUT2D eigenvalue weighted by molar-refractivity contribution is -0.141. The van der Waals surface area contributed by atoms with Gasteiger partial charge in [0.15, 0.2) is 0 Å². The van der Waals surface area contributed by atoms with E-state index in [0.29, 0.717) is 6.04 Å². The molecular weight excluding hydrogens is 232 g/mol. The van der Waals surface area contributed by atoms with Gasteiger partial charge in [0.05, 0.1) is 6.42 Å². The molecule has 5 nitrogen and oxygen atoms in total. The molecule has 0 spiro atoms. The minimum Gasteiger partial charge on any atom is -0.481 e. The number of piperidine rings is 1. The van der Waals surface area contributed by atoms with Gasteiger partial charge in [0, 0.05) is 24.5 Å². The van der Waals surface area contributed by atoms with Crippen LogP contribution in [-0.2, 0) is 9.59 Å². The predicted octanol–water partition coefficient (Wildman–Crippen LogP) is 0.840. The zero-order valence-electron chi connectivity index (χ0n) is 10.9. The van der Waals surface area contributed by atoms with Crippen molar-refractivity contribution in [3.05, 3.63) is 0 Å². The summed E-state index contributed by atoms with van der Waals surface area (Å²) in [5.41, 5.74) is 0. The number of hydrogen-bond acceptors (Lipinski definition) is 3. The third kappa shape index (κ3) is 3.02. The maximum atomic E-state index is 12.4. The molecule has 2 aliphatic rings. The van der Waals surface area contributed by atoms with Crippen LogP contribution in [0.25, 0.3) is 0 Å². The first kappa shape index (κ1) is 13.3. The molecule has 18 heavy (non-hydrogen) atoms. The van der Waals surface area contributed by atoms with E-state index in [4.69, 9.17) is 5.11 Å². The SMILES string of the molecule is CC1CC(C(=O)N2CCCC2CC(=O)O)CCN1. The van der Waals surface area contributed by atoms with Gasteiger partial charge >= 0.3 is 5.97 Å². The van der Waals surface area contributed by atoms with Crippen molar-refractivity contribution in [2.45, 2.75) is 51.1 Å². The zero-order valence-corrected chi connectivity index (χ0v) is 10.9. The van der Waals surface area contributed by atoms with E-state index < -0.39 is 5.97 Å². The summed E-state index contributed by atoms with van der Waals surface area (Å²) in [4.78, 5) is 25.1. The predicted molar refractivity (Wildman–Crippen MR) is 67.2 cm³/mol. The second kappa shape index (κ2) is 5.69. The van der Waals surface area contributed by atoms with E-state index in [2.05, 4.69) is 12.2 Å². The number of amides is 1. The van der Waals surface area contributed by atoms with Crippen molar-refractivity contribution >= 4 is 11.9 Å². The topological polar surface area (TPSA) is 69.6 Å². The number of hydrogen-bond donors (Lipinski definition) is 2. The van der Waals surface area contributed by atoms with Crippen LogP contribution in [0.15, 0.2) is 0 Å². The van der Waals surface area contributed by atoms with Crippen LogP contribution in [0.4, 0.5) is 0 Å². The molecule has 1 amide bonds. The molecule has 2 aliphatic heterocycles. The molecule has 102 valence electrons. The number of nitrogens with one attached hydrogen (secondary N) is 1. The summed E-state index contributed by atoms with van der Waals surface area (Å²) < 4.78 is 0. The number of aliphatic carboxylic acids is 1. The fourth-order valence-electron chi connectivity index (χ4n) is 3.13. The molecule has 0 saturated carbocycles. The van der Waals surface area contributed by atoms with Crippen molar-refractivity contribution < 1.29 is 14.7 Å². The van der Waals surface area contributed by atoms with E-state index in [1.165, 1.54) is 0 Å². The third-order valence-electron chi connectivity index (χ3n) is 4.04. The van der Waals surface area contributed by atoms with Gasteiger partial charge in [-0.3, -0.25) is 9.59 Å². The van der Waals surface area contributed by atoms with Crippen LogP contribution in [0, 0.1) is 5.92 Å². The minimum atomic E-state index is -0.807. The number of carboxylic acid groups (broad SMARTS) is 1. The van der Waals surface area contributed by atoms with E-state index in [-0.39, 0.29) is 24.3 Å². The van der Waals surface area contributed by atoms with Gasteiger partial charge in [0.2, 0.25) is 5.91 Å². The van der Waals surface area contributed by atoms with Crippen LogP contribution < -0.4 is 5.32 Å². The van der Waals surface area contributed by atoms with Crippen LogP contribution in [0.3, 0.4) is 0 Å².